The van der Waals surface area contributed by atoms with Gasteiger partial charge in [0.15, 0.2) is 5.78 Å². The number of hydrogen-bond donors (Lipinski definition) is 6. The highest BCUT2D eigenvalue weighted by molar-refractivity contribution is 9.09. The summed E-state index contributed by atoms with van der Waals surface area (Å²) in [5, 5.41) is 34.5. The molecule has 10 aromatic rings. The van der Waals surface area contributed by atoms with E-state index in [1.54, 1.807) is 76.2 Å². The summed E-state index contributed by atoms with van der Waals surface area (Å²) in [6, 6.07) is 27.8. The fraction of sp³-hybridized carbons (Fsp3) is 0.397. The third-order valence-electron chi connectivity index (χ3n) is 16.9. The molecule has 5 aromatic heterocycles. The maximum Gasteiger partial charge on any atom is 0.454 e. The predicted octanol–water partition coefficient (Wildman–Crippen LogP) is 19.5. The Labute approximate surface area is 636 Å². The molecular weight excluding hydrogens is 1580 g/mol. The Balaban J connectivity index is 0.000000202. The average Bonchev–Trinajstić information content (AvgIpc) is 1.63. The minimum Gasteiger partial charge on any atom is -0.478 e. The lowest BCUT2D eigenvalue weighted by molar-refractivity contribution is -0.126. The van der Waals surface area contributed by atoms with Gasteiger partial charge in [-0.1, -0.05) is 104 Å². The van der Waals surface area contributed by atoms with E-state index in [9.17, 15) is 73.3 Å². The van der Waals surface area contributed by atoms with Crippen molar-refractivity contribution < 1.29 is 97.3 Å². The zero-order chi connectivity index (χ0) is 78.5. The number of aliphatic hydroxyl groups is 2. The van der Waals surface area contributed by atoms with Crippen LogP contribution in [-0.4, -0.2) is 164 Å². The molecule has 5 aromatic carbocycles. The van der Waals surface area contributed by atoms with Crippen molar-refractivity contribution in [3.05, 3.63) is 175 Å². The molecule has 2 fully saturated rings. The van der Waals surface area contributed by atoms with Gasteiger partial charge in [0.25, 0.3) is 23.4 Å². The number of fused-ring (bicyclic) bond motifs is 5. The van der Waals surface area contributed by atoms with Crippen molar-refractivity contribution in [2.75, 3.05) is 66.7 Å². The number of carboxylic acids is 1. The van der Waals surface area contributed by atoms with E-state index in [1.807, 2.05) is 57.8 Å². The number of aromatic nitrogens is 5. The number of Topliss-reactive ketones (excluding diaryl/α,β-unsaturated/α-hetero) is 3. The van der Waals surface area contributed by atoms with Crippen molar-refractivity contribution in [3.8, 4) is 0 Å². The van der Waals surface area contributed by atoms with Crippen molar-refractivity contribution >= 4 is 152 Å². The molecule has 0 aliphatic heterocycles. The van der Waals surface area contributed by atoms with E-state index in [-0.39, 0.29) is 70.8 Å². The number of nitrogens with zero attached hydrogens (tertiary/aromatic N) is 3. The second-order valence-electron chi connectivity index (χ2n) is 24.6. The number of carbonyl (C=O) groups is 4. The monoisotopic (exact) mass is 1660 g/mol. The maximum absolute atomic E-state index is 13.7. The van der Waals surface area contributed by atoms with Gasteiger partial charge in [-0.15, -0.1) is 0 Å². The Morgan fingerprint density at radius 3 is 1.33 bits per heavy atom. The van der Waals surface area contributed by atoms with Gasteiger partial charge >= 0.3 is 18.3 Å². The number of benzene rings is 5. The largest absolute Gasteiger partial charge is 0.478 e. The van der Waals surface area contributed by atoms with Gasteiger partial charge in [-0.25, -0.2) is 22.4 Å². The van der Waals surface area contributed by atoms with Crippen LogP contribution >= 0.6 is 73.9 Å². The Bertz CT molecular complexity index is 4580. The van der Waals surface area contributed by atoms with E-state index in [2.05, 4.69) is 30.6 Å². The van der Waals surface area contributed by atoms with Crippen LogP contribution < -0.4 is 5.73 Å². The van der Waals surface area contributed by atoms with Crippen LogP contribution in [0.25, 0.3) is 54.5 Å². The molecule has 0 bridgehead atoms. The van der Waals surface area contributed by atoms with Gasteiger partial charge in [0.05, 0.1) is 91.0 Å². The molecule has 0 saturated heterocycles. The second-order valence-corrected chi connectivity index (χ2v) is 27.5. The molecule has 2 aliphatic carbocycles. The number of carbonyl (C=O) groups excluding carboxylic acids is 3. The van der Waals surface area contributed by atoms with Crippen molar-refractivity contribution in [3.63, 3.8) is 0 Å². The first-order valence-electron chi connectivity index (χ1n) is 32.6. The van der Waals surface area contributed by atoms with Gasteiger partial charge in [-0.2, -0.15) is 26.3 Å². The Morgan fingerprint density at radius 2 is 0.915 bits per heavy atom. The van der Waals surface area contributed by atoms with Gasteiger partial charge in [-0.3, -0.25) is 14.4 Å². The first kappa shape index (κ1) is 88.1. The number of methoxy groups -OCH3 is 4. The number of ketones is 3. The van der Waals surface area contributed by atoms with E-state index < -0.39 is 76.9 Å². The van der Waals surface area contributed by atoms with E-state index in [4.69, 9.17) is 83.1 Å². The predicted molar refractivity (Wildman–Crippen MR) is 396 cm³/mol. The molecule has 2 saturated carbocycles. The number of aromatic amines is 2. The number of halogens is 16. The van der Waals surface area contributed by atoms with Crippen LogP contribution in [0.3, 0.4) is 0 Å². The zero-order valence-corrected chi connectivity index (χ0v) is 63.0. The molecule has 106 heavy (non-hydrogen) atoms. The molecule has 2 unspecified atom stereocenters. The Morgan fingerprint density at radius 1 is 0.519 bits per heavy atom. The first-order valence-corrected chi connectivity index (χ1v) is 35.7. The molecule has 12 rings (SSSR count). The summed E-state index contributed by atoms with van der Waals surface area (Å²) in [7, 11) is 6.38. The number of nitrogens with one attached hydrogen (secondary N) is 2. The van der Waals surface area contributed by atoms with Crippen LogP contribution in [0.4, 0.5) is 43.9 Å². The number of rotatable bonds is 19. The fourth-order valence-electron chi connectivity index (χ4n) is 11.9. The molecule has 2 atom stereocenters. The molecule has 0 amide bonds. The number of H-pyrrole nitrogens is 2. The highest BCUT2D eigenvalue weighted by atomic mass is 79.9. The zero-order valence-electron chi connectivity index (χ0n) is 57.6. The van der Waals surface area contributed by atoms with Gasteiger partial charge in [-0.05, 0) is 98.8 Å². The summed E-state index contributed by atoms with van der Waals surface area (Å²) in [6.45, 7) is 3.56. The fourth-order valence-corrected chi connectivity index (χ4v) is 13.5. The number of alkyl halides is 11. The van der Waals surface area contributed by atoms with Gasteiger partial charge < -0.3 is 63.7 Å². The van der Waals surface area contributed by atoms with Crippen molar-refractivity contribution in [1.82, 2.24) is 23.7 Å². The van der Waals surface area contributed by atoms with Crippen LogP contribution in [0, 0.1) is 0 Å². The van der Waals surface area contributed by atoms with Gasteiger partial charge in [0.2, 0.25) is 0 Å². The van der Waals surface area contributed by atoms with Crippen molar-refractivity contribution in [2.45, 2.75) is 119 Å². The highest BCUT2D eigenvalue weighted by Crippen LogP contribution is 2.43. The highest BCUT2D eigenvalue weighted by Gasteiger charge is 2.46. The number of hydrogen-bond acceptors (Lipinski definition) is 11. The van der Waals surface area contributed by atoms with Crippen molar-refractivity contribution in [2.24, 2.45) is 5.73 Å². The maximum atomic E-state index is 13.7. The molecule has 17 nitrogen and oxygen atoms in total. The molecule has 0 radical (unpaired) electrons. The summed E-state index contributed by atoms with van der Waals surface area (Å²) in [4.78, 5) is 52.2. The number of aromatic carboxylic acids is 1. The van der Waals surface area contributed by atoms with Crippen LogP contribution in [-0.2, 0) is 38.6 Å². The molecule has 2 aliphatic rings. The SMILES string of the molecule is COCCBr.COCCn1cc(C(=O)C(F)(F)F)c2c(Cl)cccc21.COCCn1cc(C(=O)CCC2(O)CCCC(F)(F)C2)c2c(Cl)cccc21.COCCn1cc(C(=O)O)c2c(Cl)cccc21.Clc1cccc2[nH]ccc12.NCC1(O)CCCC(F)(F)C1.O=C(c1c[nH]c2cccc(Cl)c12)C(F)(F)F. The summed E-state index contributed by atoms with van der Waals surface area (Å²) >= 11 is 33.1. The third kappa shape index (κ3) is 24.1. The minimum absolute atomic E-state index is 0.00118. The van der Waals surface area contributed by atoms with Crippen LogP contribution in [0.2, 0.25) is 25.1 Å². The number of nitrogens with two attached hydrogens (primary N) is 1. The van der Waals surface area contributed by atoms with Crippen molar-refractivity contribution in [1.29, 1.82) is 0 Å². The molecule has 5 heterocycles. The van der Waals surface area contributed by atoms with Gasteiger partial charge in [0.1, 0.15) is 0 Å². The third-order valence-corrected chi connectivity index (χ3v) is 18.8. The summed E-state index contributed by atoms with van der Waals surface area (Å²) in [5.74, 6) is -10.5. The first-order chi connectivity index (χ1) is 49.9. The van der Waals surface area contributed by atoms with E-state index in [0.717, 1.165) is 45.1 Å². The normalized spacial score (nSPS) is 16.7. The smallest absolute Gasteiger partial charge is 0.454 e. The molecule has 33 heteroatoms. The lowest BCUT2D eigenvalue weighted by Gasteiger charge is -2.36. The Kier molecular flexibility index (Phi) is 32.9. The van der Waals surface area contributed by atoms with E-state index >= 15 is 0 Å². The molecule has 7 N–H and O–H groups in total. The molecule has 578 valence electrons. The van der Waals surface area contributed by atoms with E-state index in [0.29, 0.717) is 96.1 Å². The number of carboxylic acid groups (broad SMARTS) is 1. The summed E-state index contributed by atoms with van der Waals surface area (Å²) in [5.41, 5.74) is 5.76. The lowest BCUT2D eigenvalue weighted by atomic mass is 9.79. The Hall–Kier alpha value is -6.77. The number of ether oxygens (including phenoxy) is 4. The molecule has 0 spiro atoms. The summed E-state index contributed by atoms with van der Waals surface area (Å²) < 4.78 is 152. The van der Waals surface area contributed by atoms with E-state index in [1.165, 1.54) is 30.0 Å². The van der Waals surface area contributed by atoms with Crippen LogP contribution in [0.5, 0.6) is 0 Å². The average molecular weight is 1660 g/mol. The topological polar surface area (TPSA) is 238 Å². The second kappa shape index (κ2) is 39.6. The van der Waals surface area contributed by atoms with Crippen LogP contribution in [0.15, 0.2) is 128 Å². The summed E-state index contributed by atoms with van der Waals surface area (Å²) in [6.07, 6.45) is -2.44. The quantitative estimate of drug-likeness (QED) is 0.0252. The van der Waals surface area contributed by atoms with Gasteiger partial charge in [0, 0.05) is 172 Å². The standard InChI is InChI=1S/C20H24ClF2NO3.C13H11ClF3NO2.C12H12ClNO3.C10H5ClF3NO.C8H6ClN.C7H13F2NO.C3H7BrO/c1-27-11-10-24-12-14(18-15(21)4-2-5-16(18)24)17(25)6-9-19(26)7-3-8-20(22,23)13-19;1-20-6-5-18-7-8(12(19)13(15,16)17)11-9(14)3-2-4-10(11)18;1-17-6-5-14-7-8(12(15)16)11-9(13)3-2-4-10(11)14;11-6-2-1-3-7-8(6)5(4-15-7)9(16)10(12,13)14;9-7-2-1-3-8-6(7)4-5-10-8;8-7(9)3-1-2-6(11,4-7)5-10;1-5-3-2-4/h2,4-5,12,26H,3,6-11,13H2,1H3;2-4,7H,5-6H2,1H3;2-4,7H,5-6H2,1H3,(H,15,16);1-4,15H;1-5,10H;11H,1-5,10H2;2-3H2,1H3. The minimum atomic E-state index is -4.93. The van der Waals surface area contributed by atoms with Crippen LogP contribution in [0.1, 0.15) is 106 Å². The molecular formula is C73H78BrCl5F10N6O11. The lowest BCUT2D eigenvalue weighted by Crippen LogP contribution is -2.46.